The number of nitrogens with one attached hydrogen (secondary N) is 3. The van der Waals surface area contributed by atoms with Gasteiger partial charge >= 0.3 is 6.09 Å². The van der Waals surface area contributed by atoms with Crippen LogP contribution in [0.5, 0.6) is 0 Å². The second-order valence-electron chi connectivity index (χ2n) is 10.2. The van der Waals surface area contributed by atoms with Gasteiger partial charge in [0.05, 0.1) is 5.92 Å². The van der Waals surface area contributed by atoms with Gasteiger partial charge < -0.3 is 25.6 Å². The number of carbonyl (C=O) groups is 4. The van der Waals surface area contributed by atoms with E-state index in [1.807, 2.05) is 32.9 Å². The van der Waals surface area contributed by atoms with Gasteiger partial charge in [-0.2, -0.15) is 0 Å². The SMILES string of the molecule is CC(C)(C)OC(=O)NCCC(=O)NCc1ccccc1NC(=O)C1CC(=O)N(C(C)(C)C)C1. The van der Waals surface area contributed by atoms with Crippen LogP contribution < -0.4 is 16.0 Å². The first-order valence-corrected chi connectivity index (χ1v) is 11.2. The number of alkyl carbamates (subject to hydrolysis) is 1. The number of likely N-dealkylation sites (tertiary alicyclic amines) is 1. The van der Waals surface area contributed by atoms with E-state index in [4.69, 9.17) is 4.74 Å². The number of hydrogen-bond acceptors (Lipinski definition) is 5. The normalized spacial score (nSPS) is 16.4. The Balaban J connectivity index is 1.85. The zero-order valence-electron chi connectivity index (χ0n) is 20.4. The lowest BCUT2D eigenvalue weighted by molar-refractivity contribution is -0.131. The topological polar surface area (TPSA) is 117 Å². The molecule has 0 aliphatic carbocycles. The van der Waals surface area contributed by atoms with Crippen LogP contribution in [0, 0.1) is 5.92 Å². The fraction of sp³-hybridized carbons (Fsp3) is 0.583. The molecule has 9 nitrogen and oxygen atoms in total. The smallest absolute Gasteiger partial charge is 0.407 e. The van der Waals surface area contributed by atoms with Crippen molar-refractivity contribution in [1.82, 2.24) is 15.5 Å². The maximum absolute atomic E-state index is 12.8. The second-order valence-corrected chi connectivity index (χ2v) is 10.2. The molecule has 1 unspecified atom stereocenters. The van der Waals surface area contributed by atoms with Crippen LogP contribution in [0.2, 0.25) is 0 Å². The summed E-state index contributed by atoms with van der Waals surface area (Å²) in [7, 11) is 0. The van der Waals surface area contributed by atoms with E-state index >= 15 is 0 Å². The standard InChI is InChI=1S/C24H36N4O5/c1-23(2,3)28-15-17(13-20(28)30)21(31)27-18-10-8-7-9-16(18)14-26-19(29)11-12-25-22(32)33-24(4,5)6/h7-10,17H,11-15H2,1-6H3,(H,25,32)(H,26,29)(H,27,31). The number of carbonyl (C=O) groups excluding carboxylic acids is 4. The van der Waals surface area contributed by atoms with Gasteiger partial charge in [-0.05, 0) is 53.2 Å². The molecule has 1 aromatic rings. The third-order valence-electron chi connectivity index (χ3n) is 5.08. The molecule has 4 amide bonds. The van der Waals surface area contributed by atoms with Gasteiger partial charge in [0.1, 0.15) is 5.60 Å². The summed E-state index contributed by atoms with van der Waals surface area (Å²) in [6, 6.07) is 7.20. The van der Waals surface area contributed by atoms with Crippen molar-refractivity contribution >= 4 is 29.5 Å². The maximum Gasteiger partial charge on any atom is 0.407 e. The molecule has 2 rings (SSSR count). The summed E-state index contributed by atoms with van der Waals surface area (Å²) in [5.41, 5.74) is 0.414. The molecule has 1 heterocycles. The Morgan fingerprint density at radius 2 is 1.73 bits per heavy atom. The van der Waals surface area contributed by atoms with Gasteiger partial charge in [0.2, 0.25) is 17.7 Å². The first-order valence-electron chi connectivity index (χ1n) is 11.2. The lowest BCUT2D eigenvalue weighted by atomic mass is 10.1. The fourth-order valence-electron chi connectivity index (χ4n) is 3.44. The first-order chi connectivity index (χ1) is 15.3. The highest BCUT2D eigenvalue weighted by Gasteiger charge is 2.39. The van der Waals surface area contributed by atoms with Crippen molar-refractivity contribution in [1.29, 1.82) is 0 Å². The van der Waals surface area contributed by atoms with Crippen molar-refractivity contribution < 1.29 is 23.9 Å². The van der Waals surface area contributed by atoms with Gasteiger partial charge in [0.25, 0.3) is 0 Å². The minimum Gasteiger partial charge on any atom is -0.444 e. The van der Waals surface area contributed by atoms with E-state index in [-0.39, 0.29) is 49.2 Å². The van der Waals surface area contributed by atoms with Crippen molar-refractivity contribution in [3.63, 3.8) is 0 Å². The number of hydrogen-bond donors (Lipinski definition) is 3. The van der Waals surface area contributed by atoms with E-state index in [0.29, 0.717) is 12.2 Å². The lowest BCUT2D eigenvalue weighted by Crippen LogP contribution is -2.42. The van der Waals surface area contributed by atoms with Gasteiger partial charge in [-0.3, -0.25) is 14.4 Å². The molecule has 9 heteroatoms. The molecular weight excluding hydrogens is 424 g/mol. The van der Waals surface area contributed by atoms with E-state index in [9.17, 15) is 19.2 Å². The second kappa shape index (κ2) is 10.7. The van der Waals surface area contributed by atoms with Crippen LogP contribution in [-0.2, 0) is 25.7 Å². The van der Waals surface area contributed by atoms with Crippen LogP contribution in [0.1, 0.15) is 59.9 Å². The molecule has 1 saturated heterocycles. The highest BCUT2D eigenvalue weighted by molar-refractivity contribution is 5.97. The van der Waals surface area contributed by atoms with Crippen molar-refractivity contribution in [2.24, 2.45) is 5.92 Å². The Hall–Kier alpha value is -3.10. The van der Waals surface area contributed by atoms with E-state index in [1.54, 1.807) is 37.8 Å². The van der Waals surface area contributed by atoms with E-state index in [0.717, 1.165) is 5.56 Å². The molecule has 1 aromatic carbocycles. The van der Waals surface area contributed by atoms with Crippen LogP contribution in [0.15, 0.2) is 24.3 Å². The van der Waals surface area contributed by atoms with Crippen LogP contribution in [0.3, 0.4) is 0 Å². The van der Waals surface area contributed by atoms with Crippen LogP contribution in [0.4, 0.5) is 10.5 Å². The zero-order chi connectivity index (χ0) is 24.8. The first kappa shape index (κ1) is 26.2. The van der Waals surface area contributed by atoms with Gasteiger partial charge in [0, 0.05) is 43.7 Å². The molecule has 33 heavy (non-hydrogen) atoms. The fourth-order valence-corrected chi connectivity index (χ4v) is 3.44. The minimum absolute atomic E-state index is 0.0248. The maximum atomic E-state index is 12.8. The highest BCUT2D eigenvalue weighted by Crippen LogP contribution is 2.27. The molecule has 182 valence electrons. The molecule has 1 fully saturated rings. The Labute approximate surface area is 195 Å². The number of amides is 4. The summed E-state index contributed by atoms with van der Waals surface area (Å²) < 4.78 is 5.13. The third kappa shape index (κ3) is 8.40. The molecule has 3 N–H and O–H groups in total. The average molecular weight is 461 g/mol. The summed E-state index contributed by atoms with van der Waals surface area (Å²) in [5.74, 6) is -0.897. The lowest BCUT2D eigenvalue weighted by Gasteiger charge is -2.32. The summed E-state index contributed by atoms with van der Waals surface area (Å²) in [6.45, 7) is 11.9. The minimum atomic E-state index is -0.600. The molecule has 0 aromatic heterocycles. The Morgan fingerprint density at radius 1 is 1.06 bits per heavy atom. The van der Waals surface area contributed by atoms with Crippen LogP contribution in [-0.4, -0.2) is 52.9 Å². The van der Waals surface area contributed by atoms with Crippen molar-refractivity contribution in [2.45, 2.75) is 72.1 Å². The van der Waals surface area contributed by atoms with Crippen molar-refractivity contribution in [3.05, 3.63) is 29.8 Å². The quantitative estimate of drug-likeness (QED) is 0.578. The number of nitrogens with zero attached hydrogens (tertiary/aromatic N) is 1. The molecular formula is C24H36N4O5. The van der Waals surface area contributed by atoms with Gasteiger partial charge in [0.15, 0.2) is 0 Å². The van der Waals surface area contributed by atoms with Crippen molar-refractivity contribution in [3.8, 4) is 0 Å². The molecule has 0 radical (unpaired) electrons. The molecule has 1 aliphatic heterocycles. The van der Waals surface area contributed by atoms with Gasteiger partial charge in [-0.1, -0.05) is 18.2 Å². The summed E-state index contributed by atoms with van der Waals surface area (Å²) in [6.07, 6.45) is -0.286. The number of anilines is 1. The molecule has 1 aliphatic rings. The third-order valence-corrected chi connectivity index (χ3v) is 5.08. The Kier molecular flexibility index (Phi) is 8.46. The summed E-state index contributed by atoms with van der Waals surface area (Å²) in [5, 5.41) is 8.24. The highest BCUT2D eigenvalue weighted by atomic mass is 16.6. The molecule has 1 atom stereocenters. The predicted molar refractivity (Wildman–Crippen MR) is 125 cm³/mol. The van der Waals surface area contributed by atoms with Crippen molar-refractivity contribution in [2.75, 3.05) is 18.4 Å². The van der Waals surface area contributed by atoms with E-state index in [2.05, 4.69) is 16.0 Å². The predicted octanol–water partition coefficient (Wildman–Crippen LogP) is 2.80. The van der Waals surface area contributed by atoms with Gasteiger partial charge in [-0.15, -0.1) is 0 Å². The largest absolute Gasteiger partial charge is 0.444 e. The number of ether oxygens (including phenoxy) is 1. The van der Waals surface area contributed by atoms with E-state index in [1.165, 1.54) is 0 Å². The van der Waals surface area contributed by atoms with E-state index < -0.39 is 17.6 Å². The monoisotopic (exact) mass is 460 g/mol. The van der Waals surface area contributed by atoms with Gasteiger partial charge in [-0.25, -0.2) is 4.79 Å². The Morgan fingerprint density at radius 3 is 2.33 bits per heavy atom. The number of rotatable bonds is 7. The van der Waals surface area contributed by atoms with Crippen LogP contribution in [0.25, 0.3) is 0 Å². The number of para-hydroxylation sites is 1. The molecule has 0 spiro atoms. The zero-order valence-corrected chi connectivity index (χ0v) is 20.4. The van der Waals surface area contributed by atoms with Crippen LogP contribution >= 0.6 is 0 Å². The average Bonchev–Trinajstić information content (AvgIpc) is 3.08. The Bertz CT molecular complexity index is 886. The molecule has 0 bridgehead atoms. The summed E-state index contributed by atoms with van der Waals surface area (Å²) >= 11 is 0. The summed E-state index contributed by atoms with van der Waals surface area (Å²) in [4.78, 5) is 50.6. The molecule has 0 saturated carbocycles. The number of benzene rings is 1.